The first-order chi connectivity index (χ1) is 12.0. The highest BCUT2D eigenvalue weighted by Gasteiger charge is 2.39. The van der Waals surface area contributed by atoms with Gasteiger partial charge in [-0.2, -0.15) is 5.10 Å². The van der Waals surface area contributed by atoms with Crippen LogP contribution in [-0.4, -0.2) is 41.4 Å². The van der Waals surface area contributed by atoms with Crippen LogP contribution < -0.4 is 15.0 Å². The van der Waals surface area contributed by atoms with Gasteiger partial charge in [0, 0.05) is 38.3 Å². The molecule has 2 aliphatic rings. The summed E-state index contributed by atoms with van der Waals surface area (Å²) in [5.74, 6) is 0.0181. The molecule has 0 aliphatic carbocycles. The second-order valence-electron chi connectivity index (χ2n) is 6.81. The fourth-order valence-electron chi connectivity index (χ4n) is 3.74. The van der Waals surface area contributed by atoms with Gasteiger partial charge >= 0.3 is 0 Å². The predicted octanol–water partition coefficient (Wildman–Crippen LogP) is 2.10. The number of carbonyl (C=O) groups excluding carboxylic acids is 1. The highest BCUT2D eigenvalue weighted by Crippen LogP contribution is 2.37. The molecule has 1 fully saturated rings. The molecule has 3 atom stereocenters. The summed E-state index contributed by atoms with van der Waals surface area (Å²) >= 11 is 0. The first-order valence-electron chi connectivity index (χ1n) is 8.50. The first kappa shape index (κ1) is 18.7. The molecular formula is C18H22ClFN4O2. The number of aryl methyl sites for hydroxylation is 1. The van der Waals surface area contributed by atoms with Crippen molar-refractivity contribution in [1.29, 1.82) is 0 Å². The van der Waals surface area contributed by atoms with Crippen LogP contribution in [0, 0.1) is 11.7 Å². The molecule has 1 N–H and O–H groups in total. The summed E-state index contributed by atoms with van der Waals surface area (Å²) in [5.41, 5.74) is 1.70. The highest BCUT2D eigenvalue weighted by atomic mass is 35.5. The summed E-state index contributed by atoms with van der Waals surface area (Å²) in [6, 6.07) is 4.33. The van der Waals surface area contributed by atoms with Crippen LogP contribution in [0.3, 0.4) is 0 Å². The van der Waals surface area contributed by atoms with Crippen molar-refractivity contribution >= 4 is 24.0 Å². The fourth-order valence-corrected chi connectivity index (χ4v) is 3.74. The lowest BCUT2D eigenvalue weighted by atomic mass is 9.89. The maximum atomic E-state index is 13.5. The van der Waals surface area contributed by atoms with E-state index in [9.17, 15) is 9.18 Å². The van der Waals surface area contributed by atoms with Crippen LogP contribution in [0.25, 0.3) is 0 Å². The summed E-state index contributed by atoms with van der Waals surface area (Å²) in [7, 11) is 1.87. The molecule has 4 rings (SSSR count). The minimum absolute atomic E-state index is 0. The van der Waals surface area contributed by atoms with Gasteiger partial charge in [-0.05, 0) is 24.6 Å². The first-order valence-corrected chi connectivity index (χ1v) is 8.50. The van der Waals surface area contributed by atoms with Crippen LogP contribution in [-0.2, 0) is 11.8 Å². The zero-order valence-electron chi connectivity index (χ0n) is 14.7. The number of carbonyl (C=O) groups is 1. The monoisotopic (exact) mass is 380 g/mol. The Labute approximate surface area is 157 Å². The van der Waals surface area contributed by atoms with Crippen molar-refractivity contribution in [3.8, 4) is 5.75 Å². The van der Waals surface area contributed by atoms with E-state index in [0.29, 0.717) is 24.5 Å². The lowest BCUT2D eigenvalue weighted by Crippen LogP contribution is -2.46. The van der Waals surface area contributed by atoms with Gasteiger partial charge in [0.2, 0.25) is 5.91 Å². The minimum atomic E-state index is -0.365. The molecule has 3 heterocycles. The number of amides is 1. The van der Waals surface area contributed by atoms with Crippen molar-refractivity contribution in [2.75, 3.05) is 24.5 Å². The topological polar surface area (TPSA) is 59.4 Å². The Kier molecular flexibility index (Phi) is 5.20. The van der Waals surface area contributed by atoms with E-state index >= 15 is 0 Å². The zero-order chi connectivity index (χ0) is 17.6. The van der Waals surface area contributed by atoms with Crippen LogP contribution in [0.2, 0.25) is 0 Å². The van der Waals surface area contributed by atoms with Gasteiger partial charge in [-0.15, -0.1) is 12.4 Å². The number of hydrogen-bond acceptors (Lipinski definition) is 4. The van der Waals surface area contributed by atoms with E-state index in [1.807, 2.05) is 26.4 Å². The van der Waals surface area contributed by atoms with Crippen molar-refractivity contribution < 1.29 is 13.9 Å². The third-order valence-corrected chi connectivity index (χ3v) is 4.93. The van der Waals surface area contributed by atoms with Crippen molar-refractivity contribution in [2.45, 2.75) is 18.9 Å². The molecule has 0 bridgehead atoms. The Hall–Kier alpha value is -2.12. The third-order valence-electron chi connectivity index (χ3n) is 4.93. The Bertz CT molecular complexity index is 812. The van der Waals surface area contributed by atoms with Crippen molar-refractivity contribution in [3.05, 3.63) is 42.0 Å². The molecule has 1 aromatic carbocycles. The van der Waals surface area contributed by atoms with Crippen LogP contribution in [0.15, 0.2) is 30.6 Å². The molecule has 2 aliphatic heterocycles. The number of rotatable bonds is 2. The number of aromatic nitrogens is 2. The normalized spacial score (nSPS) is 24.6. The van der Waals surface area contributed by atoms with E-state index < -0.39 is 0 Å². The number of anilines is 1. The van der Waals surface area contributed by atoms with Crippen LogP contribution in [0.4, 0.5) is 10.1 Å². The van der Waals surface area contributed by atoms with Crippen molar-refractivity contribution in [1.82, 2.24) is 15.1 Å². The second-order valence-corrected chi connectivity index (χ2v) is 6.81. The molecule has 2 aromatic rings. The number of nitrogens with one attached hydrogen (secondary N) is 1. The Morgan fingerprint density at radius 2 is 2.19 bits per heavy atom. The molecule has 1 amide bonds. The maximum Gasteiger partial charge on any atom is 0.232 e. The molecule has 6 nitrogen and oxygen atoms in total. The summed E-state index contributed by atoms with van der Waals surface area (Å²) in [6.45, 7) is 3.73. The number of benzene rings is 1. The quantitative estimate of drug-likeness (QED) is 0.866. The summed E-state index contributed by atoms with van der Waals surface area (Å²) < 4.78 is 21.0. The van der Waals surface area contributed by atoms with Crippen LogP contribution in [0.1, 0.15) is 18.4 Å². The molecule has 0 saturated carbocycles. The lowest BCUT2D eigenvalue weighted by Gasteiger charge is -2.35. The largest absolute Gasteiger partial charge is 0.487 e. The standard InChI is InChI=1S/C18H21FN4O2.ClH/c1-11-9-23(16-4-3-13(19)5-17(16)25-11)18(24)15-8-20-7-14(15)12-6-21-22(2)10-12;/h3-6,10-11,14-15,20H,7-9H2,1-2H3;1H/t11?,14-,15+;/m1./s1. The average molecular weight is 381 g/mol. The molecule has 26 heavy (non-hydrogen) atoms. The zero-order valence-corrected chi connectivity index (χ0v) is 15.5. The molecule has 0 radical (unpaired) electrons. The maximum absolute atomic E-state index is 13.5. The minimum Gasteiger partial charge on any atom is -0.487 e. The van der Waals surface area contributed by atoms with E-state index in [4.69, 9.17) is 4.74 Å². The molecule has 1 aromatic heterocycles. The number of hydrogen-bond donors (Lipinski definition) is 1. The highest BCUT2D eigenvalue weighted by molar-refractivity contribution is 5.97. The van der Waals surface area contributed by atoms with E-state index in [1.54, 1.807) is 15.6 Å². The third kappa shape index (κ3) is 3.29. The van der Waals surface area contributed by atoms with Crippen LogP contribution >= 0.6 is 12.4 Å². The SMILES string of the molecule is CC1CN(C(=O)[C@H]2CNC[C@@H]2c2cnn(C)c2)c2ccc(F)cc2O1.Cl. The van der Waals surface area contributed by atoms with Gasteiger partial charge in [0.15, 0.2) is 0 Å². The molecule has 1 saturated heterocycles. The van der Waals surface area contributed by atoms with E-state index in [1.165, 1.54) is 12.1 Å². The second kappa shape index (κ2) is 7.25. The van der Waals surface area contributed by atoms with Gasteiger partial charge in [-0.3, -0.25) is 9.48 Å². The summed E-state index contributed by atoms with van der Waals surface area (Å²) in [4.78, 5) is 15.0. The van der Waals surface area contributed by atoms with Gasteiger partial charge in [0.1, 0.15) is 17.7 Å². The van der Waals surface area contributed by atoms with Gasteiger partial charge in [-0.1, -0.05) is 0 Å². The lowest BCUT2D eigenvalue weighted by molar-refractivity contribution is -0.122. The predicted molar refractivity (Wildman–Crippen MR) is 98.4 cm³/mol. The van der Waals surface area contributed by atoms with Gasteiger partial charge in [0.05, 0.1) is 24.3 Å². The smallest absolute Gasteiger partial charge is 0.232 e. The van der Waals surface area contributed by atoms with Crippen molar-refractivity contribution in [3.63, 3.8) is 0 Å². The van der Waals surface area contributed by atoms with Gasteiger partial charge in [-0.25, -0.2) is 4.39 Å². The number of nitrogens with zero attached hydrogens (tertiary/aromatic N) is 3. The summed E-state index contributed by atoms with van der Waals surface area (Å²) in [6.07, 6.45) is 3.61. The Balaban J connectivity index is 0.00000196. The molecule has 1 unspecified atom stereocenters. The number of halogens is 2. The van der Waals surface area contributed by atoms with E-state index in [0.717, 1.165) is 12.1 Å². The molecular weight excluding hydrogens is 359 g/mol. The van der Waals surface area contributed by atoms with Crippen LogP contribution in [0.5, 0.6) is 5.75 Å². The number of ether oxygens (including phenoxy) is 1. The summed E-state index contributed by atoms with van der Waals surface area (Å²) in [5, 5.41) is 7.55. The molecule has 8 heteroatoms. The molecule has 0 spiro atoms. The fraction of sp³-hybridized carbons (Fsp3) is 0.444. The number of fused-ring (bicyclic) bond motifs is 1. The van der Waals surface area contributed by atoms with E-state index in [-0.39, 0.29) is 42.1 Å². The van der Waals surface area contributed by atoms with Crippen molar-refractivity contribution in [2.24, 2.45) is 13.0 Å². The molecule has 140 valence electrons. The average Bonchev–Trinajstić information content (AvgIpc) is 3.21. The van der Waals surface area contributed by atoms with E-state index in [2.05, 4.69) is 10.4 Å². The Morgan fingerprint density at radius 1 is 1.38 bits per heavy atom. The van der Waals surface area contributed by atoms with Gasteiger partial charge in [0.25, 0.3) is 0 Å². The van der Waals surface area contributed by atoms with Gasteiger partial charge < -0.3 is 15.0 Å². The Morgan fingerprint density at radius 3 is 2.92 bits per heavy atom.